The smallest absolute Gasteiger partial charge is 0 e. The molecule has 0 aromatic carbocycles. The summed E-state index contributed by atoms with van der Waals surface area (Å²) in [7, 11) is 0. The largest absolute Gasteiger partial charge is 0.0625 e. The van der Waals surface area contributed by atoms with Crippen LogP contribution < -0.4 is 0 Å². The van der Waals surface area contributed by atoms with Crippen LogP contribution in [0.15, 0.2) is 0 Å². The van der Waals surface area contributed by atoms with Gasteiger partial charge in [-0.05, 0) is 5.92 Å². The molecule has 46 valence electrons. The van der Waals surface area contributed by atoms with Gasteiger partial charge < -0.3 is 0 Å². The third-order valence-electron chi connectivity index (χ3n) is 1.89. The van der Waals surface area contributed by atoms with E-state index < -0.39 is 0 Å². The number of rotatable bonds is 0. The summed E-state index contributed by atoms with van der Waals surface area (Å²) in [6.45, 7) is 2.36. The summed E-state index contributed by atoms with van der Waals surface area (Å²) in [6.07, 6.45) is 7.44. The van der Waals surface area contributed by atoms with Gasteiger partial charge in [0.2, 0.25) is 0 Å². The third kappa shape index (κ3) is 1.50. The molecule has 0 spiro atoms. The summed E-state index contributed by atoms with van der Waals surface area (Å²) < 4.78 is 0. The quantitative estimate of drug-likeness (QED) is 0.441. The zero-order valence-electron chi connectivity index (χ0n) is 5.11. The second-order valence-electron chi connectivity index (χ2n) is 2.74. The van der Waals surface area contributed by atoms with Gasteiger partial charge in [-0.25, -0.2) is 0 Å². The van der Waals surface area contributed by atoms with Gasteiger partial charge in [0.25, 0.3) is 0 Å². The van der Waals surface area contributed by atoms with Crippen molar-refractivity contribution in [2.24, 2.45) is 5.92 Å². The lowest BCUT2D eigenvalue weighted by molar-refractivity contribution is 0.385. The summed E-state index contributed by atoms with van der Waals surface area (Å²) in [4.78, 5) is 0. The van der Waals surface area contributed by atoms with E-state index in [2.05, 4.69) is 6.92 Å². The molecule has 7 heavy (non-hydrogen) atoms. The van der Waals surface area contributed by atoms with Crippen molar-refractivity contribution in [1.29, 1.82) is 0 Å². The van der Waals surface area contributed by atoms with Gasteiger partial charge in [0.15, 0.2) is 0 Å². The normalized spacial score (nSPS) is 25.3. The summed E-state index contributed by atoms with van der Waals surface area (Å²) >= 11 is 0. The van der Waals surface area contributed by atoms with Crippen LogP contribution in [0.3, 0.4) is 0 Å². The van der Waals surface area contributed by atoms with Gasteiger partial charge in [-0.15, -0.1) is 0 Å². The van der Waals surface area contributed by atoms with Gasteiger partial charge in [0, 0.05) is 2.85 Å². The molecule has 0 bridgehead atoms. The lowest BCUT2D eigenvalue weighted by Gasteiger charge is -2.15. The molecule has 1 saturated carbocycles. The minimum Gasteiger partial charge on any atom is -0.0625 e. The van der Waals surface area contributed by atoms with Crippen molar-refractivity contribution in [2.45, 2.75) is 39.0 Å². The van der Waals surface area contributed by atoms with E-state index in [1.807, 2.05) is 0 Å². The minimum atomic E-state index is 0. The van der Waals surface area contributed by atoms with Gasteiger partial charge in [0.1, 0.15) is 0 Å². The van der Waals surface area contributed by atoms with Gasteiger partial charge in [0.05, 0.1) is 0 Å². The Morgan fingerprint density at radius 3 is 2.00 bits per heavy atom. The van der Waals surface area contributed by atoms with E-state index in [4.69, 9.17) is 0 Å². The van der Waals surface area contributed by atoms with Crippen molar-refractivity contribution in [3.63, 3.8) is 0 Å². The van der Waals surface area contributed by atoms with Crippen LogP contribution in [0.4, 0.5) is 0 Å². The maximum absolute atomic E-state index is 2.36. The summed E-state index contributed by atoms with van der Waals surface area (Å²) in [5.74, 6) is 1.04. The third-order valence-corrected chi connectivity index (χ3v) is 1.89. The summed E-state index contributed by atoms with van der Waals surface area (Å²) in [5, 5.41) is 0. The first-order chi connectivity index (χ1) is 3.39. The van der Waals surface area contributed by atoms with Crippen LogP contribution in [0.5, 0.6) is 0 Å². The van der Waals surface area contributed by atoms with Crippen molar-refractivity contribution in [2.75, 3.05) is 0 Å². The predicted molar refractivity (Wildman–Crippen MR) is 36.5 cm³/mol. The van der Waals surface area contributed by atoms with Crippen LogP contribution >= 0.6 is 0 Å². The Morgan fingerprint density at radius 2 is 1.71 bits per heavy atom. The van der Waals surface area contributed by atoms with Crippen LogP contribution in [0, 0.1) is 5.92 Å². The molecule has 1 fully saturated rings. The van der Waals surface area contributed by atoms with Crippen molar-refractivity contribution < 1.29 is 2.85 Å². The first-order valence-corrected chi connectivity index (χ1v) is 3.39. The molecular weight excluding hydrogens is 84.1 g/mol. The van der Waals surface area contributed by atoms with E-state index in [9.17, 15) is 0 Å². The highest BCUT2D eigenvalue weighted by molar-refractivity contribution is 4.59. The van der Waals surface area contributed by atoms with Crippen molar-refractivity contribution in [3.8, 4) is 0 Å². The van der Waals surface area contributed by atoms with E-state index in [0.717, 1.165) is 5.92 Å². The second kappa shape index (κ2) is 2.34. The van der Waals surface area contributed by atoms with Gasteiger partial charge in [-0.1, -0.05) is 39.0 Å². The zero-order chi connectivity index (χ0) is 5.11. The SMILES string of the molecule is CC1CCCCC1.[HH].[HH]. The van der Waals surface area contributed by atoms with Crippen LogP contribution in [0.25, 0.3) is 0 Å². The first-order valence-electron chi connectivity index (χ1n) is 3.39. The zero-order valence-corrected chi connectivity index (χ0v) is 5.11. The van der Waals surface area contributed by atoms with Crippen molar-refractivity contribution in [1.82, 2.24) is 0 Å². The van der Waals surface area contributed by atoms with E-state index in [0.29, 0.717) is 0 Å². The summed E-state index contributed by atoms with van der Waals surface area (Å²) in [6, 6.07) is 0. The molecule has 1 aliphatic carbocycles. The van der Waals surface area contributed by atoms with Crippen LogP contribution in [0.1, 0.15) is 41.9 Å². The molecule has 1 rings (SSSR count). The predicted octanol–water partition coefficient (Wildman–Crippen LogP) is 3.08. The molecule has 0 heterocycles. The molecule has 0 heteroatoms. The van der Waals surface area contributed by atoms with E-state index >= 15 is 0 Å². The minimum absolute atomic E-state index is 0. The lowest BCUT2D eigenvalue weighted by atomic mass is 9.91. The van der Waals surface area contributed by atoms with Gasteiger partial charge in [-0.2, -0.15) is 0 Å². The van der Waals surface area contributed by atoms with E-state index in [1.54, 1.807) is 0 Å². The average molecular weight is 102 g/mol. The molecule has 0 aromatic rings. The second-order valence-corrected chi connectivity index (χ2v) is 2.74. The fourth-order valence-electron chi connectivity index (χ4n) is 1.31. The summed E-state index contributed by atoms with van der Waals surface area (Å²) in [5.41, 5.74) is 0. The van der Waals surface area contributed by atoms with E-state index in [1.165, 1.54) is 32.1 Å². The molecule has 0 N–H and O–H groups in total. The Labute approximate surface area is 48.9 Å². The highest BCUT2D eigenvalue weighted by atomic mass is 14.1. The number of hydrogen-bond donors (Lipinski definition) is 0. The maximum atomic E-state index is 2.36. The average Bonchev–Trinajstić information content (AvgIpc) is 1.69. The van der Waals surface area contributed by atoms with E-state index in [-0.39, 0.29) is 2.85 Å². The Kier molecular flexibility index (Phi) is 1.72. The standard InChI is InChI=1S/C7H14.2H2/c1-7-5-3-2-4-6-7;;/h7H,2-6H2,1H3;2*1H. The van der Waals surface area contributed by atoms with Gasteiger partial charge in [-0.3, -0.25) is 0 Å². The molecule has 0 unspecified atom stereocenters. The lowest BCUT2D eigenvalue weighted by Crippen LogP contribution is -1.99. The van der Waals surface area contributed by atoms with Crippen molar-refractivity contribution >= 4 is 0 Å². The fraction of sp³-hybridized carbons (Fsp3) is 1.00. The molecule has 0 aliphatic heterocycles. The molecule has 0 aromatic heterocycles. The monoisotopic (exact) mass is 102 g/mol. The topological polar surface area (TPSA) is 0 Å². The molecule has 1 aliphatic rings. The Hall–Kier alpha value is 0. The highest BCUT2D eigenvalue weighted by Gasteiger charge is 2.05. The maximum Gasteiger partial charge on any atom is 0 e. The molecule has 0 radical (unpaired) electrons. The molecule has 0 amide bonds. The molecule has 0 nitrogen and oxygen atoms in total. The Bertz CT molecular complexity index is 48.9. The Balaban J connectivity index is 0. The Morgan fingerprint density at radius 1 is 1.14 bits per heavy atom. The highest BCUT2D eigenvalue weighted by Crippen LogP contribution is 2.21. The van der Waals surface area contributed by atoms with Gasteiger partial charge >= 0.3 is 0 Å². The molecule has 0 saturated heterocycles. The van der Waals surface area contributed by atoms with Crippen LogP contribution in [0.2, 0.25) is 0 Å². The number of hydrogen-bond acceptors (Lipinski definition) is 0. The fourth-order valence-corrected chi connectivity index (χ4v) is 1.31. The van der Waals surface area contributed by atoms with Crippen LogP contribution in [-0.2, 0) is 0 Å². The van der Waals surface area contributed by atoms with Crippen molar-refractivity contribution in [3.05, 3.63) is 0 Å². The van der Waals surface area contributed by atoms with Crippen LogP contribution in [-0.4, -0.2) is 0 Å². The molecule has 0 atom stereocenters. The molecular formula is C7H18. The first kappa shape index (κ1) is 5.14.